The number of aromatic nitrogens is 3. The Hall–Kier alpha value is -1.95. The molecule has 0 aliphatic carbocycles. The highest BCUT2D eigenvalue weighted by Gasteiger charge is 2.24. The zero-order valence-corrected chi connectivity index (χ0v) is 9.97. The van der Waals surface area contributed by atoms with E-state index < -0.39 is 0 Å². The molecular weight excluding hydrogens is 230 g/mol. The van der Waals surface area contributed by atoms with Crippen LogP contribution in [0.5, 0.6) is 0 Å². The number of fused-ring (bicyclic) bond motifs is 1. The van der Waals surface area contributed by atoms with E-state index in [1.807, 2.05) is 28.8 Å². The monoisotopic (exact) mass is 245 g/mol. The topological polar surface area (TPSA) is 71.3 Å². The van der Waals surface area contributed by atoms with Gasteiger partial charge in [-0.3, -0.25) is 9.20 Å². The number of carbonyl (C=O) groups is 1. The Morgan fingerprint density at radius 3 is 3.11 bits per heavy atom. The fourth-order valence-corrected chi connectivity index (χ4v) is 1.98. The van der Waals surface area contributed by atoms with E-state index in [0.717, 1.165) is 24.6 Å². The Morgan fingerprint density at radius 1 is 1.44 bits per heavy atom. The summed E-state index contributed by atoms with van der Waals surface area (Å²) in [5.41, 5.74) is 0.835. The van der Waals surface area contributed by atoms with Crippen molar-refractivity contribution in [1.82, 2.24) is 25.2 Å². The normalized spacial score (nSPS) is 15.6. The van der Waals surface area contributed by atoms with Crippen molar-refractivity contribution in [1.29, 1.82) is 0 Å². The van der Waals surface area contributed by atoms with Crippen molar-refractivity contribution in [2.24, 2.45) is 5.92 Å². The van der Waals surface area contributed by atoms with E-state index in [1.54, 1.807) is 0 Å². The van der Waals surface area contributed by atoms with Gasteiger partial charge in [-0.15, -0.1) is 10.2 Å². The molecule has 0 saturated carbocycles. The van der Waals surface area contributed by atoms with Crippen LogP contribution in [0, 0.1) is 5.92 Å². The summed E-state index contributed by atoms with van der Waals surface area (Å²) in [6.45, 7) is 2.18. The summed E-state index contributed by atoms with van der Waals surface area (Å²) in [6, 6.07) is 5.78. The molecule has 3 rings (SSSR count). The Balaban J connectivity index is 1.58. The molecule has 2 aromatic rings. The molecule has 0 spiro atoms. The number of pyridine rings is 1. The van der Waals surface area contributed by atoms with Gasteiger partial charge in [0.05, 0.1) is 5.92 Å². The van der Waals surface area contributed by atoms with Gasteiger partial charge in [-0.25, -0.2) is 0 Å². The third-order valence-electron chi connectivity index (χ3n) is 3.18. The molecule has 1 aliphatic rings. The summed E-state index contributed by atoms with van der Waals surface area (Å²) >= 11 is 0. The van der Waals surface area contributed by atoms with Gasteiger partial charge >= 0.3 is 0 Å². The van der Waals surface area contributed by atoms with E-state index in [1.165, 1.54) is 0 Å². The molecule has 0 radical (unpaired) electrons. The van der Waals surface area contributed by atoms with E-state index in [0.29, 0.717) is 13.0 Å². The number of nitrogens with one attached hydrogen (secondary N) is 2. The number of rotatable bonds is 4. The average Bonchev–Trinajstić information content (AvgIpc) is 2.71. The second-order valence-electron chi connectivity index (χ2n) is 4.44. The van der Waals surface area contributed by atoms with Crippen LogP contribution in [0.1, 0.15) is 5.82 Å². The molecule has 1 saturated heterocycles. The lowest BCUT2D eigenvalue weighted by atomic mass is 10.0. The van der Waals surface area contributed by atoms with E-state index >= 15 is 0 Å². The zero-order valence-electron chi connectivity index (χ0n) is 9.97. The van der Waals surface area contributed by atoms with Crippen LogP contribution in [0.2, 0.25) is 0 Å². The quantitative estimate of drug-likeness (QED) is 0.769. The van der Waals surface area contributed by atoms with Gasteiger partial charge in [-0.2, -0.15) is 0 Å². The lowest BCUT2D eigenvalue weighted by molar-refractivity contribution is -0.126. The molecule has 0 bridgehead atoms. The fourth-order valence-electron chi connectivity index (χ4n) is 1.98. The largest absolute Gasteiger partial charge is 0.355 e. The van der Waals surface area contributed by atoms with Gasteiger partial charge in [0, 0.05) is 32.3 Å². The van der Waals surface area contributed by atoms with Gasteiger partial charge in [0.2, 0.25) is 5.91 Å². The molecular formula is C12H15N5O. The maximum absolute atomic E-state index is 11.6. The first-order chi connectivity index (χ1) is 8.84. The van der Waals surface area contributed by atoms with Gasteiger partial charge in [0.1, 0.15) is 5.82 Å². The van der Waals surface area contributed by atoms with Gasteiger partial charge in [-0.05, 0) is 12.1 Å². The van der Waals surface area contributed by atoms with Crippen LogP contribution in [0.25, 0.3) is 5.65 Å². The van der Waals surface area contributed by atoms with E-state index in [4.69, 9.17) is 0 Å². The average molecular weight is 245 g/mol. The predicted molar refractivity (Wildman–Crippen MR) is 66.1 cm³/mol. The van der Waals surface area contributed by atoms with Crippen molar-refractivity contribution >= 4 is 11.6 Å². The number of hydrogen-bond donors (Lipinski definition) is 2. The molecule has 1 fully saturated rings. The number of carbonyl (C=O) groups excluding carboxylic acids is 1. The summed E-state index contributed by atoms with van der Waals surface area (Å²) in [5, 5.41) is 14.2. The lowest BCUT2D eigenvalue weighted by Gasteiger charge is -2.25. The van der Waals surface area contributed by atoms with Gasteiger partial charge in [0.15, 0.2) is 5.65 Å². The second-order valence-corrected chi connectivity index (χ2v) is 4.44. The van der Waals surface area contributed by atoms with Crippen molar-refractivity contribution in [3.63, 3.8) is 0 Å². The highest BCUT2D eigenvalue weighted by Crippen LogP contribution is 2.04. The standard InChI is InChI=1S/C12H15N5O/c18-12(9-7-13-8-9)14-5-4-11-16-15-10-3-1-2-6-17(10)11/h1-3,6,9,13H,4-5,7-8H2,(H,14,18). The van der Waals surface area contributed by atoms with Gasteiger partial charge < -0.3 is 10.6 Å². The Labute approximate surface area is 104 Å². The highest BCUT2D eigenvalue weighted by atomic mass is 16.2. The third-order valence-corrected chi connectivity index (χ3v) is 3.18. The second kappa shape index (κ2) is 4.73. The summed E-state index contributed by atoms with van der Waals surface area (Å²) in [5.74, 6) is 1.14. The molecule has 2 N–H and O–H groups in total. The maximum atomic E-state index is 11.6. The van der Waals surface area contributed by atoms with E-state index in [9.17, 15) is 4.79 Å². The first kappa shape index (κ1) is 11.2. The van der Waals surface area contributed by atoms with Crippen LogP contribution in [0.4, 0.5) is 0 Å². The SMILES string of the molecule is O=C(NCCc1nnc2ccccn12)C1CNC1. The van der Waals surface area contributed by atoms with Gasteiger partial charge in [-0.1, -0.05) is 6.07 Å². The zero-order chi connectivity index (χ0) is 12.4. The van der Waals surface area contributed by atoms with Crippen molar-refractivity contribution in [2.45, 2.75) is 6.42 Å². The van der Waals surface area contributed by atoms with E-state index in [-0.39, 0.29) is 11.8 Å². The summed E-state index contributed by atoms with van der Waals surface area (Å²) in [4.78, 5) is 11.6. The molecule has 2 aromatic heterocycles. The van der Waals surface area contributed by atoms with Crippen LogP contribution in [-0.2, 0) is 11.2 Å². The van der Waals surface area contributed by atoms with E-state index in [2.05, 4.69) is 20.8 Å². The van der Waals surface area contributed by atoms with Crippen LogP contribution in [-0.4, -0.2) is 40.1 Å². The van der Waals surface area contributed by atoms with Crippen molar-refractivity contribution in [2.75, 3.05) is 19.6 Å². The number of hydrogen-bond acceptors (Lipinski definition) is 4. The Kier molecular flexibility index (Phi) is 2.93. The molecule has 0 aromatic carbocycles. The molecule has 18 heavy (non-hydrogen) atoms. The van der Waals surface area contributed by atoms with Crippen LogP contribution in [0.3, 0.4) is 0 Å². The first-order valence-electron chi connectivity index (χ1n) is 6.11. The highest BCUT2D eigenvalue weighted by molar-refractivity contribution is 5.79. The van der Waals surface area contributed by atoms with Crippen LogP contribution in [0.15, 0.2) is 24.4 Å². The minimum atomic E-state index is 0.127. The molecule has 3 heterocycles. The molecule has 6 nitrogen and oxygen atoms in total. The van der Waals surface area contributed by atoms with Gasteiger partial charge in [0.25, 0.3) is 0 Å². The molecule has 0 unspecified atom stereocenters. The van der Waals surface area contributed by atoms with Crippen LogP contribution >= 0.6 is 0 Å². The van der Waals surface area contributed by atoms with Crippen LogP contribution < -0.4 is 10.6 Å². The summed E-state index contributed by atoms with van der Waals surface area (Å²) < 4.78 is 1.94. The molecule has 1 aliphatic heterocycles. The molecule has 6 heteroatoms. The molecule has 94 valence electrons. The Morgan fingerprint density at radius 2 is 2.33 bits per heavy atom. The number of nitrogens with zero attached hydrogens (tertiary/aromatic N) is 3. The fraction of sp³-hybridized carbons (Fsp3) is 0.417. The summed E-state index contributed by atoms with van der Waals surface area (Å²) in [6.07, 6.45) is 2.62. The minimum absolute atomic E-state index is 0.127. The number of amides is 1. The van der Waals surface area contributed by atoms with Crippen molar-refractivity contribution < 1.29 is 4.79 Å². The molecule has 0 atom stereocenters. The van der Waals surface area contributed by atoms with Crippen molar-refractivity contribution in [3.8, 4) is 0 Å². The summed E-state index contributed by atoms with van der Waals surface area (Å²) in [7, 11) is 0. The first-order valence-corrected chi connectivity index (χ1v) is 6.11. The minimum Gasteiger partial charge on any atom is -0.355 e. The van der Waals surface area contributed by atoms with Crippen molar-refractivity contribution in [3.05, 3.63) is 30.2 Å². The Bertz CT molecular complexity index is 560. The maximum Gasteiger partial charge on any atom is 0.225 e. The third kappa shape index (κ3) is 2.06. The smallest absolute Gasteiger partial charge is 0.225 e. The predicted octanol–water partition coefficient (Wildman–Crippen LogP) is -0.393. The lowest BCUT2D eigenvalue weighted by Crippen LogP contribution is -2.51. The molecule has 1 amide bonds.